The van der Waals surface area contributed by atoms with E-state index in [0.717, 1.165) is 40.3 Å². The second kappa shape index (κ2) is 11.2. The van der Waals surface area contributed by atoms with Crippen molar-refractivity contribution >= 4 is 16.7 Å². The van der Waals surface area contributed by atoms with Gasteiger partial charge in [0.2, 0.25) is 17.7 Å². The normalized spacial score (nSPS) is 16.5. The SMILES string of the molecule is C[C@@H](OCc1ccc(-c2ccccc2)cc1)c1ccc2cc(-c3noc([C@@H]4CCCN4/C(N)=N\O)n3)ccc2c1. The molecule has 6 rings (SSSR count). The Morgan fingerprint density at radius 2 is 1.73 bits per heavy atom. The summed E-state index contributed by atoms with van der Waals surface area (Å²) in [5.41, 5.74) is 11.4. The summed E-state index contributed by atoms with van der Waals surface area (Å²) in [6.45, 7) is 3.30. The zero-order chi connectivity index (χ0) is 27.5. The van der Waals surface area contributed by atoms with Gasteiger partial charge in [0.1, 0.15) is 6.04 Å². The number of ether oxygens (including phenoxy) is 1. The first-order chi connectivity index (χ1) is 19.6. The predicted molar refractivity (Wildman–Crippen MR) is 154 cm³/mol. The largest absolute Gasteiger partial charge is 0.408 e. The number of guanidine groups is 1. The Hall–Kier alpha value is -4.69. The van der Waals surface area contributed by atoms with E-state index in [-0.39, 0.29) is 18.1 Å². The summed E-state index contributed by atoms with van der Waals surface area (Å²) in [4.78, 5) is 6.41. The molecular formula is C32H31N5O3. The maximum atomic E-state index is 9.07. The third kappa shape index (κ3) is 5.26. The molecule has 2 heterocycles. The highest BCUT2D eigenvalue weighted by Crippen LogP contribution is 2.33. The number of nitrogens with two attached hydrogens (primary N) is 1. The van der Waals surface area contributed by atoms with Crippen molar-refractivity contribution in [3.8, 4) is 22.5 Å². The average molecular weight is 534 g/mol. The predicted octanol–water partition coefficient (Wildman–Crippen LogP) is 6.68. The van der Waals surface area contributed by atoms with Crippen LogP contribution in [-0.2, 0) is 11.3 Å². The zero-order valence-corrected chi connectivity index (χ0v) is 22.3. The number of nitrogens with zero attached hydrogens (tertiary/aromatic N) is 4. The molecule has 8 heteroatoms. The van der Waals surface area contributed by atoms with Crippen LogP contribution in [0.4, 0.5) is 0 Å². The number of fused-ring (bicyclic) bond motifs is 1. The molecule has 0 amide bonds. The van der Waals surface area contributed by atoms with E-state index < -0.39 is 0 Å². The van der Waals surface area contributed by atoms with Crippen LogP contribution in [0.15, 0.2) is 101 Å². The number of hydrogen-bond donors (Lipinski definition) is 2. The Balaban J connectivity index is 1.12. The Kier molecular flexibility index (Phi) is 7.16. The quantitative estimate of drug-likeness (QED) is 0.104. The lowest BCUT2D eigenvalue weighted by Crippen LogP contribution is -2.36. The van der Waals surface area contributed by atoms with Gasteiger partial charge in [-0.15, -0.1) is 0 Å². The van der Waals surface area contributed by atoms with Crippen LogP contribution >= 0.6 is 0 Å². The maximum Gasteiger partial charge on any atom is 0.249 e. The summed E-state index contributed by atoms with van der Waals surface area (Å²) in [6.07, 6.45) is 1.65. The molecule has 1 aliphatic heterocycles. The molecule has 0 spiro atoms. The standard InChI is InChI=1S/C32H31N5O3/c1-21(39-20-22-9-11-24(12-10-22)23-6-3-2-4-7-23)25-13-14-27-19-28(16-15-26(27)18-25)30-34-31(40-36-30)29-8-5-17-37(29)32(33)35-38/h2-4,6-7,9-16,18-19,21,29,38H,5,8,17,20H2,1H3,(H2,33,35)/t21-,29+/m1/s1. The molecule has 40 heavy (non-hydrogen) atoms. The molecule has 8 nitrogen and oxygen atoms in total. The Labute approximate surface area is 232 Å². The van der Waals surface area contributed by atoms with Gasteiger partial charge < -0.3 is 25.1 Å². The number of likely N-dealkylation sites (tertiary alicyclic amines) is 1. The van der Waals surface area contributed by atoms with Gasteiger partial charge in [0.05, 0.1) is 12.7 Å². The summed E-state index contributed by atoms with van der Waals surface area (Å²) in [6, 6.07) is 31.2. The van der Waals surface area contributed by atoms with E-state index in [1.165, 1.54) is 11.1 Å². The third-order valence-corrected chi connectivity index (χ3v) is 7.53. The van der Waals surface area contributed by atoms with E-state index in [1.54, 1.807) is 4.90 Å². The van der Waals surface area contributed by atoms with Crippen LogP contribution in [0.2, 0.25) is 0 Å². The number of oxime groups is 1. The summed E-state index contributed by atoms with van der Waals surface area (Å²) < 4.78 is 11.8. The van der Waals surface area contributed by atoms with Crippen molar-refractivity contribution in [2.75, 3.05) is 6.54 Å². The topological polar surface area (TPSA) is 110 Å². The third-order valence-electron chi connectivity index (χ3n) is 7.53. The molecule has 0 radical (unpaired) electrons. The molecule has 2 atom stereocenters. The van der Waals surface area contributed by atoms with E-state index in [1.807, 2.05) is 12.1 Å². The maximum absolute atomic E-state index is 9.07. The van der Waals surface area contributed by atoms with E-state index >= 15 is 0 Å². The minimum Gasteiger partial charge on any atom is -0.408 e. The van der Waals surface area contributed by atoms with Gasteiger partial charge in [-0.1, -0.05) is 89.2 Å². The first kappa shape index (κ1) is 25.6. The first-order valence-electron chi connectivity index (χ1n) is 13.5. The second-order valence-corrected chi connectivity index (χ2v) is 10.1. The van der Waals surface area contributed by atoms with Gasteiger partial charge in [-0.05, 0) is 64.9 Å². The van der Waals surface area contributed by atoms with Crippen LogP contribution in [0, 0.1) is 0 Å². The molecule has 1 saturated heterocycles. The zero-order valence-electron chi connectivity index (χ0n) is 22.3. The average Bonchev–Trinajstić information content (AvgIpc) is 3.70. The van der Waals surface area contributed by atoms with Crippen LogP contribution in [0.5, 0.6) is 0 Å². The fourth-order valence-corrected chi connectivity index (χ4v) is 5.24. The molecule has 1 fully saturated rings. The summed E-state index contributed by atoms with van der Waals surface area (Å²) in [5, 5.41) is 18.6. The van der Waals surface area contributed by atoms with Gasteiger partial charge >= 0.3 is 0 Å². The Morgan fingerprint density at radius 3 is 2.52 bits per heavy atom. The van der Waals surface area contributed by atoms with Crippen molar-refractivity contribution in [3.63, 3.8) is 0 Å². The van der Waals surface area contributed by atoms with E-state index in [9.17, 15) is 0 Å². The van der Waals surface area contributed by atoms with Gasteiger partial charge in [0.15, 0.2) is 0 Å². The van der Waals surface area contributed by atoms with Crippen molar-refractivity contribution in [2.45, 2.75) is 38.5 Å². The van der Waals surface area contributed by atoms with Crippen molar-refractivity contribution in [1.82, 2.24) is 15.0 Å². The molecule has 4 aromatic carbocycles. The summed E-state index contributed by atoms with van der Waals surface area (Å²) in [7, 11) is 0. The fraction of sp³-hybridized carbons (Fsp3) is 0.219. The summed E-state index contributed by atoms with van der Waals surface area (Å²) >= 11 is 0. The van der Waals surface area contributed by atoms with Crippen molar-refractivity contribution in [1.29, 1.82) is 0 Å². The van der Waals surface area contributed by atoms with Gasteiger partial charge in [-0.25, -0.2) is 0 Å². The van der Waals surface area contributed by atoms with E-state index in [4.69, 9.17) is 20.2 Å². The minimum absolute atomic E-state index is 0.0538. The van der Waals surface area contributed by atoms with Crippen molar-refractivity contribution < 1.29 is 14.5 Å². The van der Waals surface area contributed by atoms with Crippen molar-refractivity contribution in [2.24, 2.45) is 10.9 Å². The second-order valence-electron chi connectivity index (χ2n) is 10.1. The molecular weight excluding hydrogens is 502 g/mol. The highest BCUT2D eigenvalue weighted by atomic mass is 16.5. The molecule has 0 bridgehead atoms. The number of rotatable bonds is 7. The molecule has 5 aromatic rings. The number of aromatic nitrogens is 2. The van der Waals surface area contributed by atoms with Gasteiger partial charge in [0, 0.05) is 12.1 Å². The van der Waals surface area contributed by atoms with E-state index in [0.29, 0.717) is 24.9 Å². The van der Waals surface area contributed by atoms with Crippen LogP contribution in [0.25, 0.3) is 33.3 Å². The molecule has 1 aliphatic rings. The van der Waals surface area contributed by atoms with Gasteiger partial charge in [-0.2, -0.15) is 4.98 Å². The van der Waals surface area contributed by atoms with Crippen molar-refractivity contribution in [3.05, 3.63) is 108 Å². The molecule has 202 valence electrons. The van der Waals surface area contributed by atoms with Gasteiger partial charge in [-0.3, -0.25) is 0 Å². The Bertz CT molecular complexity index is 1630. The monoisotopic (exact) mass is 533 g/mol. The minimum atomic E-state index is -0.191. The highest BCUT2D eigenvalue weighted by molar-refractivity contribution is 5.87. The number of benzene rings is 4. The lowest BCUT2D eigenvalue weighted by atomic mass is 10.0. The first-order valence-corrected chi connectivity index (χ1v) is 13.5. The smallest absolute Gasteiger partial charge is 0.249 e. The molecule has 0 aliphatic carbocycles. The van der Waals surface area contributed by atoms with E-state index in [2.05, 4.69) is 101 Å². The fourth-order valence-electron chi connectivity index (χ4n) is 5.24. The molecule has 0 unspecified atom stereocenters. The molecule has 1 aromatic heterocycles. The lowest BCUT2D eigenvalue weighted by molar-refractivity contribution is 0.0526. The molecule has 3 N–H and O–H groups in total. The van der Waals surface area contributed by atoms with Crippen LogP contribution in [0.3, 0.4) is 0 Å². The van der Waals surface area contributed by atoms with Crippen LogP contribution < -0.4 is 5.73 Å². The molecule has 0 saturated carbocycles. The van der Waals surface area contributed by atoms with Crippen LogP contribution in [-0.4, -0.2) is 32.8 Å². The lowest BCUT2D eigenvalue weighted by Gasteiger charge is -2.21. The summed E-state index contributed by atoms with van der Waals surface area (Å²) in [5.74, 6) is 1.04. The van der Waals surface area contributed by atoms with Crippen LogP contribution in [0.1, 0.15) is 48.9 Å². The number of hydrogen-bond acceptors (Lipinski definition) is 6. The Morgan fingerprint density at radius 1 is 1.00 bits per heavy atom. The van der Waals surface area contributed by atoms with Gasteiger partial charge in [0.25, 0.3) is 0 Å². The highest BCUT2D eigenvalue weighted by Gasteiger charge is 2.32.